The summed E-state index contributed by atoms with van der Waals surface area (Å²) < 4.78 is 23.9. The lowest BCUT2D eigenvalue weighted by molar-refractivity contribution is 0.352. The van der Waals surface area contributed by atoms with Gasteiger partial charge in [-0.2, -0.15) is 0 Å². The first-order valence-corrected chi connectivity index (χ1v) is 27.6. The van der Waals surface area contributed by atoms with Crippen molar-refractivity contribution in [1.29, 1.82) is 0 Å². The highest BCUT2D eigenvalue weighted by atomic mass is 28.4. The van der Waals surface area contributed by atoms with Crippen molar-refractivity contribution >= 4 is 29.9 Å². The molecule has 43 heavy (non-hydrogen) atoms. The first-order valence-electron chi connectivity index (χ1n) is 18.2. The number of hydrogen-bond acceptors (Lipinski definition) is 4. The van der Waals surface area contributed by atoms with E-state index in [1.165, 1.54) is 95.2 Å². The Hall–Kier alpha value is -0.289. The van der Waals surface area contributed by atoms with E-state index in [4.69, 9.17) is 18.3 Å². The monoisotopic (exact) mass is 642 g/mol. The molecule has 9 unspecified atom stereocenters. The molecule has 4 nitrogen and oxygen atoms in total. The standard InChI is InChI=1S/C20H38O3Si2.C16H24OSi/c1-24(2,11-9-15-5-7-17-19(13-15)21-17)23-25(3,4)12-10-16-6-8-18-20(14-16)22-18;1-18(2,14-6-4-3-5-7-14)11-10-13-8-9-15-16(12-13)17-15/h15-20H,5-14H2,1-4H3;3-7,13,15-16H,8-12H2,1-2H3. The van der Waals surface area contributed by atoms with Crippen molar-refractivity contribution in [2.45, 2.75) is 171 Å². The zero-order valence-electron chi connectivity index (χ0n) is 28.3. The van der Waals surface area contributed by atoms with Crippen LogP contribution in [0.1, 0.15) is 77.0 Å². The third-order valence-electron chi connectivity index (χ3n) is 11.9. The number of ether oxygens (including phenoxy) is 3. The van der Waals surface area contributed by atoms with Gasteiger partial charge in [0, 0.05) is 0 Å². The lowest BCUT2D eigenvalue weighted by atomic mass is 9.87. The number of hydrogen-bond donors (Lipinski definition) is 0. The molecule has 3 heterocycles. The van der Waals surface area contributed by atoms with Crippen molar-refractivity contribution in [3.63, 3.8) is 0 Å². The van der Waals surface area contributed by atoms with Gasteiger partial charge in [-0.15, -0.1) is 0 Å². The second-order valence-corrected chi connectivity index (χ2v) is 30.9. The van der Waals surface area contributed by atoms with Gasteiger partial charge in [-0.25, -0.2) is 0 Å². The minimum absolute atomic E-state index is 0.626. The molecule has 0 bridgehead atoms. The Morgan fingerprint density at radius 3 is 1.33 bits per heavy atom. The van der Waals surface area contributed by atoms with Crippen LogP contribution < -0.4 is 5.19 Å². The molecule has 3 aliphatic heterocycles. The summed E-state index contributed by atoms with van der Waals surface area (Å²) >= 11 is 0. The Labute approximate surface area is 266 Å². The SMILES string of the molecule is C[Si](C)(CCC1CCC2OC2C1)O[Si](C)(C)CCC1CCC2OC2C1.C[Si](C)(CCC1CCC2OC2C1)c1ccccc1. The zero-order valence-corrected chi connectivity index (χ0v) is 31.3. The van der Waals surface area contributed by atoms with Gasteiger partial charge in [0.2, 0.25) is 0 Å². The Morgan fingerprint density at radius 1 is 0.535 bits per heavy atom. The molecule has 7 heteroatoms. The summed E-state index contributed by atoms with van der Waals surface area (Å²) in [5.74, 6) is 2.74. The van der Waals surface area contributed by atoms with E-state index in [-0.39, 0.29) is 0 Å². The van der Waals surface area contributed by atoms with E-state index >= 15 is 0 Å². The van der Waals surface area contributed by atoms with Crippen LogP contribution in [0.4, 0.5) is 0 Å². The Morgan fingerprint density at radius 2 is 0.930 bits per heavy atom. The molecule has 6 aliphatic rings. The molecule has 7 rings (SSSR count). The lowest BCUT2D eigenvalue weighted by Gasteiger charge is -2.36. The first kappa shape index (κ1) is 32.6. The van der Waals surface area contributed by atoms with Gasteiger partial charge in [-0.3, -0.25) is 0 Å². The van der Waals surface area contributed by atoms with Gasteiger partial charge in [-0.05, 0) is 114 Å². The highest BCUT2D eigenvalue weighted by Gasteiger charge is 2.46. The highest BCUT2D eigenvalue weighted by Crippen LogP contribution is 2.44. The van der Waals surface area contributed by atoms with Gasteiger partial charge in [0.05, 0.1) is 44.7 Å². The van der Waals surface area contributed by atoms with Gasteiger partial charge in [0.15, 0.2) is 16.6 Å². The number of epoxide rings is 3. The Kier molecular flexibility index (Phi) is 10.2. The van der Waals surface area contributed by atoms with Crippen molar-refractivity contribution in [1.82, 2.24) is 0 Å². The van der Waals surface area contributed by atoms with Crippen molar-refractivity contribution in [3.05, 3.63) is 30.3 Å². The van der Waals surface area contributed by atoms with Crippen LogP contribution in [0.5, 0.6) is 0 Å². The molecule has 3 saturated heterocycles. The molecule has 3 aliphatic carbocycles. The third-order valence-corrected chi connectivity index (χ3v) is 22.8. The second kappa shape index (κ2) is 13.4. The summed E-state index contributed by atoms with van der Waals surface area (Å²) in [6.45, 7) is 14.9. The fourth-order valence-corrected chi connectivity index (χ4v) is 20.3. The van der Waals surface area contributed by atoms with Gasteiger partial charge in [0.1, 0.15) is 0 Å². The summed E-state index contributed by atoms with van der Waals surface area (Å²) in [6, 6.07) is 15.3. The predicted octanol–water partition coefficient (Wildman–Crippen LogP) is 8.89. The quantitative estimate of drug-likeness (QED) is 0.169. The van der Waals surface area contributed by atoms with Gasteiger partial charge in [0.25, 0.3) is 0 Å². The average Bonchev–Trinajstić information content (AvgIpc) is 3.86. The summed E-state index contributed by atoms with van der Waals surface area (Å²) in [5, 5.41) is 1.61. The van der Waals surface area contributed by atoms with Crippen LogP contribution in [0.15, 0.2) is 30.3 Å². The van der Waals surface area contributed by atoms with E-state index in [1.807, 2.05) is 0 Å². The average molecular weight is 643 g/mol. The fraction of sp³-hybridized carbons (Fsp3) is 0.833. The minimum atomic E-state index is -1.53. The summed E-state index contributed by atoms with van der Waals surface area (Å²) in [7, 11) is -4.27. The predicted molar refractivity (Wildman–Crippen MR) is 186 cm³/mol. The van der Waals surface area contributed by atoms with Crippen molar-refractivity contribution in [2.24, 2.45) is 17.8 Å². The molecule has 242 valence electrons. The summed E-state index contributed by atoms with van der Waals surface area (Å²) in [5.41, 5.74) is 0. The van der Waals surface area contributed by atoms with E-state index in [9.17, 15) is 0 Å². The maximum Gasteiger partial charge on any atom is 0.173 e. The van der Waals surface area contributed by atoms with Crippen molar-refractivity contribution in [3.8, 4) is 0 Å². The topological polar surface area (TPSA) is 46.8 Å². The fourth-order valence-electron chi connectivity index (χ4n) is 8.80. The molecule has 1 aromatic carbocycles. The number of benzene rings is 1. The molecular formula is C36H62O4Si3. The molecular weight excluding hydrogens is 581 g/mol. The number of rotatable bonds is 12. The molecule has 0 N–H and O–H groups in total. The van der Waals surface area contributed by atoms with Crippen LogP contribution in [-0.4, -0.2) is 61.3 Å². The third kappa shape index (κ3) is 9.61. The van der Waals surface area contributed by atoms with E-state index < -0.39 is 24.7 Å². The smallest absolute Gasteiger partial charge is 0.173 e. The van der Waals surface area contributed by atoms with E-state index in [1.54, 1.807) is 5.19 Å². The van der Waals surface area contributed by atoms with Crippen LogP contribution in [0.25, 0.3) is 0 Å². The summed E-state index contributed by atoms with van der Waals surface area (Å²) in [4.78, 5) is 0. The van der Waals surface area contributed by atoms with E-state index in [0.717, 1.165) is 17.8 Å². The molecule has 0 amide bonds. The number of fused-ring (bicyclic) bond motifs is 3. The maximum atomic E-state index is 6.90. The van der Waals surface area contributed by atoms with E-state index in [2.05, 4.69) is 69.6 Å². The minimum Gasteiger partial charge on any atom is -0.455 e. The highest BCUT2D eigenvalue weighted by molar-refractivity contribution is 6.89. The van der Waals surface area contributed by atoms with Gasteiger partial charge in [-0.1, -0.05) is 73.9 Å². The van der Waals surface area contributed by atoms with Gasteiger partial charge >= 0.3 is 0 Å². The molecule has 1 aromatic rings. The molecule has 0 spiro atoms. The van der Waals surface area contributed by atoms with Gasteiger partial charge < -0.3 is 18.3 Å². The Bertz CT molecular complexity index is 1010. The van der Waals surface area contributed by atoms with Crippen LogP contribution in [0.3, 0.4) is 0 Å². The van der Waals surface area contributed by atoms with Crippen LogP contribution in [0, 0.1) is 17.8 Å². The van der Waals surface area contributed by atoms with Crippen LogP contribution >= 0.6 is 0 Å². The summed E-state index contributed by atoms with van der Waals surface area (Å²) in [6.07, 6.45) is 20.1. The second-order valence-electron chi connectivity index (χ2n) is 17.2. The normalized spacial score (nSPS) is 36.4. The van der Waals surface area contributed by atoms with Crippen molar-refractivity contribution < 1.29 is 18.3 Å². The first-order chi connectivity index (χ1) is 20.4. The largest absolute Gasteiger partial charge is 0.455 e. The van der Waals surface area contributed by atoms with Crippen LogP contribution in [0.2, 0.25) is 57.4 Å². The maximum absolute atomic E-state index is 6.90. The van der Waals surface area contributed by atoms with E-state index in [0.29, 0.717) is 36.6 Å². The molecule has 6 fully saturated rings. The van der Waals surface area contributed by atoms with Crippen LogP contribution in [-0.2, 0) is 18.3 Å². The van der Waals surface area contributed by atoms with Crippen molar-refractivity contribution in [2.75, 3.05) is 0 Å². The zero-order chi connectivity index (χ0) is 30.2. The Balaban J connectivity index is 0.000000162. The lowest BCUT2D eigenvalue weighted by Crippen LogP contribution is -2.44. The molecule has 0 aromatic heterocycles. The molecule has 0 radical (unpaired) electrons. The molecule has 3 saturated carbocycles. The molecule has 9 atom stereocenters.